The van der Waals surface area contributed by atoms with Gasteiger partial charge in [0.2, 0.25) is 0 Å². The fraction of sp³-hybridized carbons (Fsp3) is 0.684. The third-order valence-electron chi connectivity index (χ3n) is 5.07. The van der Waals surface area contributed by atoms with Gasteiger partial charge in [0.15, 0.2) is 0 Å². The highest BCUT2D eigenvalue weighted by molar-refractivity contribution is 5.14. The van der Waals surface area contributed by atoms with Gasteiger partial charge in [-0.25, -0.2) is 0 Å². The van der Waals surface area contributed by atoms with Gasteiger partial charge in [-0.15, -0.1) is 0 Å². The molecule has 1 heteroatoms. The zero-order valence-electron chi connectivity index (χ0n) is 13.1. The molecule has 0 radical (unpaired) electrons. The van der Waals surface area contributed by atoms with E-state index in [1.165, 1.54) is 50.5 Å². The summed E-state index contributed by atoms with van der Waals surface area (Å²) < 4.78 is 0. The lowest BCUT2D eigenvalue weighted by Gasteiger charge is -2.32. The van der Waals surface area contributed by atoms with Crippen molar-refractivity contribution in [3.05, 3.63) is 35.9 Å². The molecule has 0 bridgehead atoms. The Morgan fingerprint density at radius 2 is 1.80 bits per heavy atom. The summed E-state index contributed by atoms with van der Waals surface area (Å²) in [5.41, 5.74) is 7.87. The van der Waals surface area contributed by atoms with Crippen molar-refractivity contribution >= 4 is 0 Å². The molecule has 0 amide bonds. The molecule has 1 aliphatic rings. The predicted octanol–water partition coefficient (Wildman–Crippen LogP) is 4.94. The van der Waals surface area contributed by atoms with Crippen LogP contribution < -0.4 is 5.73 Å². The van der Waals surface area contributed by atoms with Gasteiger partial charge >= 0.3 is 0 Å². The summed E-state index contributed by atoms with van der Waals surface area (Å²) in [7, 11) is 0. The maximum Gasteiger partial charge on any atom is 0.00703 e. The summed E-state index contributed by atoms with van der Waals surface area (Å²) in [6, 6.07) is 11.2. The summed E-state index contributed by atoms with van der Waals surface area (Å²) in [4.78, 5) is 0. The first kappa shape index (κ1) is 15.6. The van der Waals surface area contributed by atoms with Crippen LogP contribution in [0.5, 0.6) is 0 Å². The summed E-state index contributed by atoms with van der Waals surface area (Å²) in [5.74, 6) is 1.77. The first-order valence-corrected chi connectivity index (χ1v) is 8.59. The van der Waals surface area contributed by atoms with Crippen molar-refractivity contribution in [2.24, 2.45) is 17.6 Å². The molecule has 0 heterocycles. The Labute approximate surface area is 125 Å². The van der Waals surface area contributed by atoms with E-state index >= 15 is 0 Å². The highest BCUT2D eigenvalue weighted by Gasteiger charge is 2.24. The van der Waals surface area contributed by atoms with Crippen LogP contribution in [0.4, 0.5) is 0 Å². The molecule has 1 saturated carbocycles. The lowest BCUT2D eigenvalue weighted by atomic mass is 9.76. The maximum absolute atomic E-state index is 6.44. The van der Waals surface area contributed by atoms with E-state index in [9.17, 15) is 0 Å². The molecule has 2 N–H and O–H groups in total. The molecule has 1 nitrogen and oxygen atoms in total. The SMILES string of the molecule is CCCCC1CCC(C(N)CCc2ccccc2)CC1. The van der Waals surface area contributed by atoms with E-state index in [1.54, 1.807) is 0 Å². The Hall–Kier alpha value is -0.820. The van der Waals surface area contributed by atoms with Crippen molar-refractivity contribution in [2.75, 3.05) is 0 Å². The van der Waals surface area contributed by atoms with Gasteiger partial charge in [-0.05, 0) is 43.1 Å². The van der Waals surface area contributed by atoms with Gasteiger partial charge in [-0.2, -0.15) is 0 Å². The van der Waals surface area contributed by atoms with Crippen LogP contribution in [0.25, 0.3) is 0 Å². The molecule has 0 aromatic heterocycles. The largest absolute Gasteiger partial charge is 0.327 e. The molecule has 0 spiro atoms. The minimum atomic E-state index is 0.405. The molecule has 1 aromatic carbocycles. The first-order chi connectivity index (χ1) is 9.79. The average Bonchev–Trinajstić information content (AvgIpc) is 2.52. The van der Waals surface area contributed by atoms with Crippen LogP contribution in [0.1, 0.15) is 63.9 Å². The van der Waals surface area contributed by atoms with Crippen molar-refractivity contribution in [2.45, 2.75) is 70.8 Å². The van der Waals surface area contributed by atoms with Gasteiger partial charge in [-0.1, -0.05) is 69.4 Å². The molecule has 1 aromatic rings. The number of benzene rings is 1. The summed E-state index contributed by atoms with van der Waals surface area (Å²) in [5, 5.41) is 0. The molecule has 1 fully saturated rings. The lowest BCUT2D eigenvalue weighted by Crippen LogP contribution is -2.33. The van der Waals surface area contributed by atoms with Gasteiger partial charge in [0.1, 0.15) is 0 Å². The second-order valence-corrected chi connectivity index (χ2v) is 6.61. The summed E-state index contributed by atoms with van der Waals surface area (Å²) in [6.45, 7) is 2.30. The van der Waals surface area contributed by atoms with E-state index in [2.05, 4.69) is 37.3 Å². The van der Waals surface area contributed by atoms with E-state index in [-0.39, 0.29) is 0 Å². The van der Waals surface area contributed by atoms with E-state index in [4.69, 9.17) is 5.73 Å². The highest BCUT2D eigenvalue weighted by Crippen LogP contribution is 2.33. The maximum atomic E-state index is 6.44. The molecule has 0 saturated heterocycles. The molecule has 112 valence electrons. The van der Waals surface area contributed by atoms with Crippen LogP contribution in [0.2, 0.25) is 0 Å². The predicted molar refractivity (Wildman–Crippen MR) is 87.7 cm³/mol. The molecule has 0 aliphatic heterocycles. The van der Waals surface area contributed by atoms with Gasteiger partial charge in [0.25, 0.3) is 0 Å². The minimum Gasteiger partial charge on any atom is -0.327 e. The molecule has 1 atom stereocenters. The number of rotatable bonds is 7. The van der Waals surface area contributed by atoms with Crippen LogP contribution in [-0.2, 0) is 6.42 Å². The second kappa shape index (κ2) is 8.46. The number of nitrogens with two attached hydrogens (primary N) is 1. The van der Waals surface area contributed by atoms with Gasteiger partial charge in [-0.3, -0.25) is 0 Å². The zero-order valence-corrected chi connectivity index (χ0v) is 13.1. The van der Waals surface area contributed by atoms with Crippen LogP contribution in [0.3, 0.4) is 0 Å². The van der Waals surface area contributed by atoms with Crippen molar-refractivity contribution in [3.63, 3.8) is 0 Å². The quantitative estimate of drug-likeness (QED) is 0.748. The Morgan fingerprint density at radius 3 is 2.45 bits per heavy atom. The number of unbranched alkanes of at least 4 members (excludes halogenated alkanes) is 1. The first-order valence-electron chi connectivity index (χ1n) is 8.59. The topological polar surface area (TPSA) is 26.0 Å². The Bertz CT molecular complexity index is 351. The molecular formula is C19H31N. The fourth-order valence-electron chi connectivity index (χ4n) is 3.61. The van der Waals surface area contributed by atoms with E-state index in [0.29, 0.717) is 6.04 Å². The van der Waals surface area contributed by atoms with E-state index in [0.717, 1.165) is 24.7 Å². The van der Waals surface area contributed by atoms with Crippen molar-refractivity contribution < 1.29 is 0 Å². The molecule has 2 rings (SSSR count). The van der Waals surface area contributed by atoms with Crippen molar-refractivity contribution in [3.8, 4) is 0 Å². The van der Waals surface area contributed by atoms with Gasteiger partial charge in [0.05, 0.1) is 0 Å². The number of hydrogen-bond donors (Lipinski definition) is 1. The smallest absolute Gasteiger partial charge is 0.00703 e. The normalized spacial score (nSPS) is 24.5. The molecule has 1 aliphatic carbocycles. The van der Waals surface area contributed by atoms with E-state index in [1.807, 2.05) is 0 Å². The third-order valence-corrected chi connectivity index (χ3v) is 5.07. The number of aryl methyl sites for hydroxylation is 1. The van der Waals surface area contributed by atoms with Crippen LogP contribution in [0.15, 0.2) is 30.3 Å². The van der Waals surface area contributed by atoms with Crippen LogP contribution in [0, 0.1) is 11.8 Å². The number of hydrogen-bond acceptors (Lipinski definition) is 1. The highest BCUT2D eigenvalue weighted by atomic mass is 14.6. The standard InChI is InChI=1S/C19H31N/c1-2-3-7-17-10-13-18(14-11-17)19(20)15-12-16-8-5-4-6-9-16/h4-6,8-9,17-19H,2-3,7,10-15,20H2,1H3. The minimum absolute atomic E-state index is 0.405. The molecule has 20 heavy (non-hydrogen) atoms. The Morgan fingerprint density at radius 1 is 1.10 bits per heavy atom. The van der Waals surface area contributed by atoms with Crippen LogP contribution >= 0.6 is 0 Å². The zero-order chi connectivity index (χ0) is 14.2. The average molecular weight is 273 g/mol. The van der Waals surface area contributed by atoms with E-state index < -0.39 is 0 Å². The molecular weight excluding hydrogens is 242 g/mol. The summed E-state index contributed by atoms with van der Waals surface area (Å²) >= 11 is 0. The van der Waals surface area contributed by atoms with Gasteiger partial charge < -0.3 is 5.73 Å². The fourth-order valence-corrected chi connectivity index (χ4v) is 3.61. The molecule has 1 unspecified atom stereocenters. The van der Waals surface area contributed by atoms with Crippen molar-refractivity contribution in [1.82, 2.24) is 0 Å². The lowest BCUT2D eigenvalue weighted by molar-refractivity contribution is 0.226. The Kier molecular flexibility index (Phi) is 6.59. The monoisotopic (exact) mass is 273 g/mol. The second-order valence-electron chi connectivity index (χ2n) is 6.61. The summed E-state index contributed by atoms with van der Waals surface area (Å²) in [6.07, 6.45) is 12.1. The van der Waals surface area contributed by atoms with Crippen molar-refractivity contribution in [1.29, 1.82) is 0 Å². The van der Waals surface area contributed by atoms with Gasteiger partial charge in [0, 0.05) is 6.04 Å². The third kappa shape index (κ3) is 4.94. The Balaban J connectivity index is 1.68. The van der Waals surface area contributed by atoms with Crippen LogP contribution in [-0.4, -0.2) is 6.04 Å².